The molecule has 1 spiro atoms. The zero-order valence-corrected chi connectivity index (χ0v) is 13.8. The molecule has 2 aliphatic rings. The summed E-state index contributed by atoms with van der Waals surface area (Å²) in [6, 6.07) is 7.66. The smallest absolute Gasteiger partial charge is 0.335 e. The van der Waals surface area contributed by atoms with E-state index >= 15 is 0 Å². The average Bonchev–Trinajstić information content (AvgIpc) is 2.67. The number of hydrogen-bond donors (Lipinski definition) is 1. The van der Waals surface area contributed by atoms with Crippen LogP contribution in [-0.4, -0.2) is 17.5 Å². The van der Waals surface area contributed by atoms with Crippen molar-refractivity contribution in [2.45, 2.75) is 58.0 Å². The normalized spacial score (nSPS) is 20.3. The molecule has 0 saturated heterocycles. The second-order valence-corrected chi connectivity index (χ2v) is 6.62. The first kappa shape index (κ1) is 15.8. The van der Waals surface area contributed by atoms with Crippen molar-refractivity contribution in [1.29, 1.82) is 0 Å². The number of nitrogens with one attached hydrogen (secondary N) is 1. The Morgan fingerprint density at radius 1 is 1.04 bits per heavy atom. The Labute approximate surface area is 136 Å². The van der Waals surface area contributed by atoms with Crippen molar-refractivity contribution in [3.63, 3.8) is 0 Å². The van der Waals surface area contributed by atoms with E-state index in [1.165, 1.54) is 0 Å². The van der Waals surface area contributed by atoms with Crippen LogP contribution < -0.4 is 5.32 Å². The highest BCUT2D eigenvalue weighted by molar-refractivity contribution is 6.12. The van der Waals surface area contributed by atoms with Gasteiger partial charge >= 0.3 is 5.97 Å². The average molecular weight is 313 g/mol. The van der Waals surface area contributed by atoms with Gasteiger partial charge in [0.2, 0.25) is 0 Å². The van der Waals surface area contributed by atoms with Crippen molar-refractivity contribution < 1.29 is 14.3 Å². The van der Waals surface area contributed by atoms with Gasteiger partial charge in [-0.2, -0.15) is 0 Å². The number of rotatable bonds is 2. The standard InChI is InChI=1S/C19H23NO3/c1-13-7-9-15(10-8-13)20-17(21)16-14(2)18(22)23-19(16)11-5-3-4-6-12-19/h7-10H,3-6,11-12H2,1-2H3,(H,20,21). The Balaban J connectivity index is 1.88. The molecule has 23 heavy (non-hydrogen) atoms. The molecule has 4 nitrogen and oxygen atoms in total. The Morgan fingerprint density at radius 3 is 2.26 bits per heavy atom. The number of carbonyl (C=O) groups excluding carboxylic acids is 2. The summed E-state index contributed by atoms with van der Waals surface area (Å²) in [5.41, 5.74) is 2.15. The number of ether oxygens (including phenoxy) is 1. The molecule has 1 aromatic rings. The van der Waals surface area contributed by atoms with Crippen molar-refractivity contribution in [3.8, 4) is 0 Å². The molecular formula is C19H23NO3. The third kappa shape index (κ3) is 3.03. The Hall–Kier alpha value is -2.10. The van der Waals surface area contributed by atoms with Crippen LogP contribution >= 0.6 is 0 Å². The summed E-state index contributed by atoms with van der Waals surface area (Å²) in [4.78, 5) is 25.0. The van der Waals surface area contributed by atoms with E-state index in [9.17, 15) is 9.59 Å². The minimum atomic E-state index is -0.716. The molecule has 1 fully saturated rings. The first-order chi connectivity index (χ1) is 11.0. The summed E-state index contributed by atoms with van der Waals surface area (Å²) >= 11 is 0. The maximum absolute atomic E-state index is 12.8. The van der Waals surface area contributed by atoms with Crippen LogP contribution in [0.1, 0.15) is 51.0 Å². The van der Waals surface area contributed by atoms with Crippen molar-refractivity contribution in [2.75, 3.05) is 5.32 Å². The van der Waals surface area contributed by atoms with Crippen molar-refractivity contribution in [2.24, 2.45) is 0 Å². The molecule has 1 aromatic carbocycles. The second-order valence-electron chi connectivity index (χ2n) is 6.62. The fraction of sp³-hybridized carbons (Fsp3) is 0.474. The summed E-state index contributed by atoms with van der Waals surface area (Å²) < 4.78 is 5.70. The lowest BCUT2D eigenvalue weighted by atomic mass is 9.84. The maximum atomic E-state index is 12.8. The number of amides is 1. The summed E-state index contributed by atoms with van der Waals surface area (Å²) in [5.74, 6) is -0.556. The SMILES string of the molecule is CC1=C(C(=O)Nc2ccc(C)cc2)C2(CCCCCC2)OC1=O. The van der Waals surface area contributed by atoms with Gasteiger partial charge in [-0.15, -0.1) is 0 Å². The van der Waals surface area contributed by atoms with E-state index < -0.39 is 5.60 Å². The minimum Gasteiger partial charge on any atom is -0.451 e. The van der Waals surface area contributed by atoms with Crippen LogP contribution in [0.25, 0.3) is 0 Å². The minimum absolute atomic E-state index is 0.209. The van der Waals surface area contributed by atoms with Crippen LogP contribution in [-0.2, 0) is 14.3 Å². The van der Waals surface area contributed by atoms with Gasteiger partial charge in [0.1, 0.15) is 5.60 Å². The molecule has 0 atom stereocenters. The van der Waals surface area contributed by atoms with Crippen LogP contribution in [0, 0.1) is 6.92 Å². The van der Waals surface area contributed by atoms with E-state index in [1.807, 2.05) is 31.2 Å². The fourth-order valence-electron chi connectivity index (χ4n) is 3.61. The quantitative estimate of drug-likeness (QED) is 0.843. The van der Waals surface area contributed by atoms with E-state index in [-0.39, 0.29) is 11.9 Å². The summed E-state index contributed by atoms with van der Waals surface area (Å²) in [6.07, 6.45) is 5.72. The molecule has 4 heteroatoms. The Morgan fingerprint density at radius 2 is 1.65 bits per heavy atom. The predicted octanol–water partition coefficient (Wildman–Crippen LogP) is 3.90. The molecule has 1 heterocycles. The topological polar surface area (TPSA) is 55.4 Å². The second kappa shape index (κ2) is 6.19. The zero-order chi connectivity index (χ0) is 16.4. The van der Waals surface area contributed by atoms with Crippen molar-refractivity contribution in [3.05, 3.63) is 41.0 Å². The van der Waals surface area contributed by atoms with Crippen molar-refractivity contribution >= 4 is 17.6 Å². The first-order valence-electron chi connectivity index (χ1n) is 8.34. The molecule has 1 N–H and O–H groups in total. The Kier molecular flexibility index (Phi) is 4.24. The van der Waals surface area contributed by atoms with Gasteiger partial charge in [0.25, 0.3) is 5.91 Å². The number of benzene rings is 1. The zero-order valence-electron chi connectivity index (χ0n) is 13.8. The number of anilines is 1. The maximum Gasteiger partial charge on any atom is 0.335 e. The fourth-order valence-corrected chi connectivity index (χ4v) is 3.61. The van der Waals surface area contributed by atoms with E-state index in [4.69, 9.17) is 4.74 Å². The van der Waals surface area contributed by atoms with Gasteiger partial charge in [-0.05, 0) is 51.7 Å². The highest BCUT2D eigenvalue weighted by Crippen LogP contribution is 2.43. The lowest BCUT2D eigenvalue weighted by Crippen LogP contribution is -2.36. The van der Waals surface area contributed by atoms with E-state index in [0.29, 0.717) is 11.1 Å². The Bertz CT molecular complexity index is 650. The highest BCUT2D eigenvalue weighted by Gasteiger charge is 2.48. The van der Waals surface area contributed by atoms with Crippen LogP contribution in [0.3, 0.4) is 0 Å². The predicted molar refractivity (Wildman–Crippen MR) is 89.0 cm³/mol. The van der Waals surface area contributed by atoms with Crippen LogP contribution in [0.5, 0.6) is 0 Å². The largest absolute Gasteiger partial charge is 0.451 e. The summed E-state index contributed by atoms with van der Waals surface area (Å²) in [7, 11) is 0. The van der Waals surface area contributed by atoms with Gasteiger partial charge in [-0.3, -0.25) is 4.79 Å². The van der Waals surface area contributed by atoms with Gasteiger partial charge in [0, 0.05) is 11.3 Å². The lowest BCUT2D eigenvalue weighted by Gasteiger charge is -2.29. The molecule has 1 aliphatic carbocycles. The van der Waals surface area contributed by atoms with Gasteiger partial charge in [-0.1, -0.05) is 30.5 Å². The van der Waals surface area contributed by atoms with Gasteiger partial charge in [0.15, 0.2) is 0 Å². The number of aryl methyl sites for hydroxylation is 1. The van der Waals surface area contributed by atoms with Crippen LogP contribution in [0.4, 0.5) is 5.69 Å². The molecule has 1 saturated carbocycles. The highest BCUT2D eigenvalue weighted by atomic mass is 16.6. The molecular weight excluding hydrogens is 290 g/mol. The van der Waals surface area contributed by atoms with Gasteiger partial charge in [0.05, 0.1) is 5.57 Å². The number of esters is 1. The van der Waals surface area contributed by atoms with E-state index in [1.54, 1.807) is 6.92 Å². The van der Waals surface area contributed by atoms with Crippen molar-refractivity contribution in [1.82, 2.24) is 0 Å². The molecule has 0 aromatic heterocycles. The molecule has 0 bridgehead atoms. The van der Waals surface area contributed by atoms with Gasteiger partial charge in [-0.25, -0.2) is 4.79 Å². The third-order valence-corrected chi connectivity index (χ3v) is 4.87. The summed E-state index contributed by atoms with van der Waals surface area (Å²) in [6.45, 7) is 3.70. The number of hydrogen-bond acceptors (Lipinski definition) is 3. The van der Waals surface area contributed by atoms with Crippen LogP contribution in [0.2, 0.25) is 0 Å². The van der Waals surface area contributed by atoms with E-state index in [0.717, 1.165) is 49.8 Å². The van der Waals surface area contributed by atoms with Gasteiger partial charge < -0.3 is 10.1 Å². The number of carbonyl (C=O) groups is 2. The molecule has 122 valence electrons. The third-order valence-electron chi connectivity index (χ3n) is 4.87. The molecule has 3 rings (SSSR count). The molecule has 1 aliphatic heterocycles. The first-order valence-corrected chi connectivity index (χ1v) is 8.34. The monoisotopic (exact) mass is 313 g/mol. The molecule has 0 radical (unpaired) electrons. The van der Waals surface area contributed by atoms with Crippen LogP contribution in [0.15, 0.2) is 35.4 Å². The molecule has 0 unspecified atom stereocenters. The van der Waals surface area contributed by atoms with E-state index in [2.05, 4.69) is 5.32 Å². The lowest BCUT2D eigenvalue weighted by molar-refractivity contribution is -0.148. The summed E-state index contributed by atoms with van der Waals surface area (Å²) in [5, 5.41) is 2.93. The molecule has 1 amide bonds.